The molecule has 0 aliphatic heterocycles. The number of carbonyl (C=O) groups excluding carboxylic acids is 1. The molecule has 4 heteroatoms. The highest BCUT2D eigenvalue weighted by Crippen LogP contribution is 2.22. The van der Waals surface area contributed by atoms with E-state index >= 15 is 0 Å². The van der Waals surface area contributed by atoms with Crippen molar-refractivity contribution in [1.29, 1.82) is 0 Å². The fourth-order valence-electron chi connectivity index (χ4n) is 1.80. The van der Waals surface area contributed by atoms with Crippen LogP contribution in [0.2, 0.25) is 0 Å². The van der Waals surface area contributed by atoms with Gasteiger partial charge in [-0.15, -0.1) is 0 Å². The smallest absolute Gasteiger partial charge is 0.325 e. The molecule has 0 aromatic heterocycles. The molecular weight excluding hydrogens is 254 g/mol. The molecule has 0 spiro atoms. The van der Waals surface area contributed by atoms with E-state index in [2.05, 4.69) is 38.2 Å². The Kier molecular flexibility index (Phi) is 5.31. The normalized spacial score (nSPS) is 12.8. The third-order valence-corrected chi connectivity index (χ3v) is 3.21. The van der Waals surface area contributed by atoms with Crippen LogP contribution in [-0.2, 0) is 21.4 Å². The van der Waals surface area contributed by atoms with Crippen molar-refractivity contribution in [3.05, 3.63) is 35.4 Å². The number of aliphatic carboxylic acids is 1. The molecule has 1 rings (SSSR count). The summed E-state index contributed by atoms with van der Waals surface area (Å²) in [6.45, 7) is 7.92. The molecule has 1 aromatic rings. The molecule has 1 amide bonds. The van der Waals surface area contributed by atoms with E-state index in [9.17, 15) is 9.59 Å². The highest BCUT2D eigenvalue weighted by atomic mass is 16.4. The van der Waals surface area contributed by atoms with Crippen molar-refractivity contribution in [2.75, 3.05) is 0 Å². The predicted octanol–water partition coefficient (Wildman–Crippen LogP) is 2.51. The van der Waals surface area contributed by atoms with Gasteiger partial charge in [0.05, 0.1) is 0 Å². The zero-order valence-electron chi connectivity index (χ0n) is 12.6. The van der Waals surface area contributed by atoms with Gasteiger partial charge in [0, 0.05) is 6.42 Å². The molecule has 0 saturated carbocycles. The van der Waals surface area contributed by atoms with Crippen LogP contribution < -0.4 is 5.32 Å². The van der Waals surface area contributed by atoms with E-state index in [1.54, 1.807) is 0 Å². The molecular formula is C16H23NO3. The van der Waals surface area contributed by atoms with Crippen molar-refractivity contribution in [2.45, 2.75) is 52.0 Å². The second kappa shape index (κ2) is 6.55. The maximum absolute atomic E-state index is 11.6. The molecule has 0 bridgehead atoms. The summed E-state index contributed by atoms with van der Waals surface area (Å²) in [6.07, 6.45) is 0.912. The quantitative estimate of drug-likeness (QED) is 0.869. The molecule has 0 heterocycles. The molecule has 4 nitrogen and oxygen atoms in total. The average Bonchev–Trinajstić information content (AvgIpc) is 2.35. The van der Waals surface area contributed by atoms with Gasteiger partial charge >= 0.3 is 5.97 Å². The molecule has 1 atom stereocenters. The van der Waals surface area contributed by atoms with Crippen molar-refractivity contribution < 1.29 is 14.7 Å². The number of nitrogens with one attached hydrogen (secondary N) is 1. The van der Waals surface area contributed by atoms with Gasteiger partial charge < -0.3 is 10.4 Å². The SMILES string of the molecule is C[C@@H](NC(=O)CCc1ccc(C(C)(C)C)cc1)C(=O)O. The molecule has 0 radical (unpaired) electrons. The number of aryl methyl sites for hydroxylation is 1. The second-order valence-electron chi connectivity index (χ2n) is 6.07. The summed E-state index contributed by atoms with van der Waals surface area (Å²) >= 11 is 0. The van der Waals surface area contributed by atoms with E-state index in [0.717, 1.165) is 5.56 Å². The third kappa shape index (κ3) is 5.03. The molecule has 0 saturated heterocycles. The molecule has 0 aliphatic carbocycles. The van der Waals surface area contributed by atoms with Gasteiger partial charge in [-0.1, -0.05) is 45.0 Å². The summed E-state index contributed by atoms with van der Waals surface area (Å²) < 4.78 is 0. The number of hydrogen-bond donors (Lipinski definition) is 2. The lowest BCUT2D eigenvalue weighted by Crippen LogP contribution is -2.38. The van der Waals surface area contributed by atoms with E-state index in [1.807, 2.05) is 12.1 Å². The second-order valence-corrected chi connectivity index (χ2v) is 6.07. The topological polar surface area (TPSA) is 66.4 Å². The molecule has 1 aromatic carbocycles. The third-order valence-electron chi connectivity index (χ3n) is 3.21. The lowest BCUT2D eigenvalue weighted by Gasteiger charge is -2.19. The van der Waals surface area contributed by atoms with E-state index in [0.29, 0.717) is 12.8 Å². The molecule has 0 unspecified atom stereocenters. The maximum Gasteiger partial charge on any atom is 0.325 e. The monoisotopic (exact) mass is 277 g/mol. The van der Waals surface area contributed by atoms with E-state index in [-0.39, 0.29) is 11.3 Å². The van der Waals surface area contributed by atoms with Crippen LogP contribution in [0.25, 0.3) is 0 Å². The number of carboxylic acids is 1. The first kappa shape index (κ1) is 16.2. The van der Waals surface area contributed by atoms with Crippen molar-refractivity contribution in [3.63, 3.8) is 0 Å². The zero-order valence-corrected chi connectivity index (χ0v) is 12.6. The molecule has 0 aliphatic rings. The number of carboxylic acid groups (broad SMARTS) is 1. The molecule has 110 valence electrons. The number of benzene rings is 1. The molecule has 2 N–H and O–H groups in total. The Morgan fingerprint density at radius 1 is 1.20 bits per heavy atom. The van der Waals surface area contributed by atoms with Gasteiger partial charge in [0.15, 0.2) is 0 Å². The van der Waals surface area contributed by atoms with Gasteiger partial charge in [0.2, 0.25) is 5.91 Å². The van der Waals surface area contributed by atoms with Gasteiger partial charge in [0.25, 0.3) is 0 Å². The maximum atomic E-state index is 11.6. The minimum atomic E-state index is -1.02. The summed E-state index contributed by atoms with van der Waals surface area (Å²) in [7, 11) is 0. The Bertz CT molecular complexity index is 471. The number of hydrogen-bond acceptors (Lipinski definition) is 2. The Morgan fingerprint density at radius 3 is 2.20 bits per heavy atom. The lowest BCUT2D eigenvalue weighted by molar-refractivity contribution is -0.141. The van der Waals surface area contributed by atoms with Gasteiger partial charge in [-0.25, -0.2) is 0 Å². The van der Waals surface area contributed by atoms with Crippen LogP contribution in [0.5, 0.6) is 0 Å². The number of amides is 1. The average molecular weight is 277 g/mol. The largest absolute Gasteiger partial charge is 0.480 e. The fourth-order valence-corrected chi connectivity index (χ4v) is 1.80. The van der Waals surface area contributed by atoms with Crippen molar-refractivity contribution in [3.8, 4) is 0 Å². The Labute approximate surface area is 120 Å². The molecule has 20 heavy (non-hydrogen) atoms. The highest BCUT2D eigenvalue weighted by Gasteiger charge is 2.14. The van der Waals surface area contributed by atoms with Crippen LogP contribution in [0.15, 0.2) is 24.3 Å². The van der Waals surface area contributed by atoms with Crippen LogP contribution in [0, 0.1) is 0 Å². The summed E-state index contributed by atoms with van der Waals surface area (Å²) in [5.41, 5.74) is 2.45. The Morgan fingerprint density at radius 2 is 1.75 bits per heavy atom. The lowest BCUT2D eigenvalue weighted by atomic mass is 9.86. The summed E-state index contributed by atoms with van der Waals surface area (Å²) in [5.74, 6) is -1.26. The summed E-state index contributed by atoms with van der Waals surface area (Å²) in [4.78, 5) is 22.2. The van der Waals surface area contributed by atoms with Crippen LogP contribution in [0.4, 0.5) is 0 Å². The first-order valence-electron chi connectivity index (χ1n) is 6.82. The zero-order chi connectivity index (χ0) is 15.3. The fraction of sp³-hybridized carbons (Fsp3) is 0.500. The Balaban J connectivity index is 2.50. The van der Waals surface area contributed by atoms with Crippen molar-refractivity contribution in [2.24, 2.45) is 0 Å². The summed E-state index contributed by atoms with van der Waals surface area (Å²) in [6, 6.07) is 7.36. The van der Waals surface area contributed by atoms with Crippen LogP contribution in [0.1, 0.15) is 45.2 Å². The number of rotatable bonds is 5. The van der Waals surface area contributed by atoms with Crippen LogP contribution in [-0.4, -0.2) is 23.0 Å². The van der Waals surface area contributed by atoms with Crippen LogP contribution >= 0.6 is 0 Å². The van der Waals surface area contributed by atoms with Gasteiger partial charge in [-0.05, 0) is 29.9 Å². The van der Waals surface area contributed by atoms with Gasteiger partial charge in [-0.2, -0.15) is 0 Å². The van der Waals surface area contributed by atoms with E-state index in [4.69, 9.17) is 5.11 Å². The van der Waals surface area contributed by atoms with E-state index < -0.39 is 12.0 Å². The summed E-state index contributed by atoms with van der Waals surface area (Å²) in [5, 5.41) is 11.2. The first-order valence-corrected chi connectivity index (χ1v) is 6.82. The highest BCUT2D eigenvalue weighted by molar-refractivity contribution is 5.83. The predicted molar refractivity (Wildman–Crippen MR) is 78.7 cm³/mol. The number of carbonyl (C=O) groups is 2. The van der Waals surface area contributed by atoms with E-state index in [1.165, 1.54) is 12.5 Å². The standard InChI is InChI=1S/C16H23NO3/c1-11(15(19)20)17-14(18)10-7-12-5-8-13(9-6-12)16(2,3)4/h5-6,8-9,11H,7,10H2,1-4H3,(H,17,18)(H,19,20)/t11-/m1/s1. The van der Waals surface area contributed by atoms with Gasteiger partial charge in [-0.3, -0.25) is 9.59 Å². The van der Waals surface area contributed by atoms with Crippen molar-refractivity contribution >= 4 is 11.9 Å². The first-order chi connectivity index (χ1) is 9.20. The van der Waals surface area contributed by atoms with Crippen molar-refractivity contribution in [1.82, 2.24) is 5.32 Å². The minimum Gasteiger partial charge on any atom is -0.480 e. The van der Waals surface area contributed by atoms with Crippen LogP contribution in [0.3, 0.4) is 0 Å². The van der Waals surface area contributed by atoms with Gasteiger partial charge in [0.1, 0.15) is 6.04 Å². The molecule has 0 fully saturated rings. The Hall–Kier alpha value is -1.84. The minimum absolute atomic E-state index is 0.118.